The summed E-state index contributed by atoms with van der Waals surface area (Å²) in [5.74, 6) is 1.15. The van der Waals surface area contributed by atoms with E-state index in [1.165, 1.54) is 0 Å². The minimum atomic E-state index is 0.131. The lowest BCUT2D eigenvalue weighted by atomic mass is 9.84. The van der Waals surface area contributed by atoms with Gasteiger partial charge >= 0.3 is 0 Å². The molecule has 5 heteroatoms. The number of ether oxygens (including phenoxy) is 1. The molecule has 1 aliphatic rings. The van der Waals surface area contributed by atoms with Crippen LogP contribution in [-0.2, 0) is 18.2 Å². The number of nitrogens with zero attached hydrogens (tertiary/aromatic N) is 3. The highest BCUT2D eigenvalue weighted by molar-refractivity contribution is 5.04. The molecule has 21 heavy (non-hydrogen) atoms. The fourth-order valence-electron chi connectivity index (χ4n) is 3.30. The summed E-state index contributed by atoms with van der Waals surface area (Å²) >= 11 is 0. The zero-order valence-corrected chi connectivity index (χ0v) is 13.9. The first kappa shape index (κ1) is 16.5. The Morgan fingerprint density at radius 2 is 2.10 bits per heavy atom. The smallest absolute Gasteiger partial charge is 0.109 e. The summed E-state index contributed by atoms with van der Waals surface area (Å²) in [5.41, 5.74) is 0.131. The van der Waals surface area contributed by atoms with Crippen LogP contribution in [0.3, 0.4) is 0 Å². The van der Waals surface area contributed by atoms with Crippen LogP contribution in [0.5, 0.6) is 0 Å². The number of morpholine rings is 1. The van der Waals surface area contributed by atoms with Crippen LogP contribution in [0.2, 0.25) is 0 Å². The first-order chi connectivity index (χ1) is 10.1. The molecule has 1 N–H and O–H groups in total. The van der Waals surface area contributed by atoms with Gasteiger partial charge in [0.1, 0.15) is 5.82 Å². The second kappa shape index (κ2) is 7.38. The van der Waals surface area contributed by atoms with Crippen molar-refractivity contribution in [2.45, 2.75) is 45.2 Å². The summed E-state index contributed by atoms with van der Waals surface area (Å²) < 4.78 is 7.65. The molecule has 1 fully saturated rings. The van der Waals surface area contributed by atoms with E-state index in [1.54, 1.807) is 0 Å². The average Bonchev–Trinajstić information content (AvgIpc) is 2.92. The van der Waals surface area contributed by atoms with Gasteiger partial charge in [0.15, 0.2) is 0 Å². The Morgan fingerprint density at radius 1 is 1.38 bits per heavy atom. The monoisotopic (exact) mass is 294 g/mol. The van der Waals surface area contributed by atoms with Crippen molar-refractivity contribution in [2.75, 3.05) is 32.8 Å². The Morgan fingerprint density at radius 3 is 2.62 bits per heavy atom. The molecule has 0 spiro atoms. The molecule has 0 radical (unpaired) electrons. The lowest BCUT2D eigenvalue weighted by Gasteiger charge is -2.48. The molecule has 1 saturated heterocycles. The van der Waals surface area contributed by atoms with Crippen molar-refractivity contribution in [1.82, 2.24) is 19.8 Å². The number of hydrogen-bond acceptors (Lipinski definition) is 4. The summed E-state index contributed by atoms with van der Waals surface area (Å²) in [5, 5.41) is 3.70. The van der Waals surface area contributed by atoms with E-state index in [0.717, 1.165) is 51.5 Å². The van der Waals surface area contributed by atoms with Crippen LogP contribution in [0.1, 0.15) is 33.0 Å². The number of rotatable bonds is 7. The van der Waals surface area contributed by atoms with Crippen molar-refractivity contribution in [3.63, 3.8) is 0 Å². The molecule has 5 nitrogen and oxygen atoms in total. The minimum absolute atomic E-state index is 0.131. The maximum absolute atomic E-state index is 5.53. The third-order valence-corrected chi connectivity index (χ3v) is 4.96. The van der Waals surface area contributed by atoms with Gasteiger partial charge in [0.05, 0.1) is 13.2 Å². The first-order valence-electron chi connectivity index (χ1n) is 8.14. The van der Waals surface area contributed by atoms with Gasteiger partial charge < -0.3 is 14.6 Å². The molecule has 2 heterocycles. The molecule has 0 aliphatic carbocycles. The molecule has 1 aromatic rings. The zero-order valence-electron chi connectivity index (χ0n) is 13.9. The summed E-state index contributed by atoms with van der Waals surface area (Å²) in [6, 6.07) is 0.395. The van der Waals surface area contributed by atoms with Gasteiger partial charge in [-0.3, -0.25) is 4.90 Å². The highest BCUT2D eigenvalue weighted by Gasteiger charge is 2.39. The molecule has 2 atom stereocenters. The van der Waals surface area contributed by atoms with Gasteiger partial charge in [-0.2, -0.15) is 0 Å². The second-order valence-electron chi connectivity index (χ2n) is 6.08. The van der Waals surface area contributed by atoms with E-state index in [0.29, 0.717) is 6.04 Å². The Bertz CT molecular complexity index is 428. The average molecular weight is 294 g/mol. The van der Waals surface area contributed by atoms with Gasteiger partial charge in [-0.1, -0.05) is 13.8 Å². The maximum atomic E-state index is 5.53. The van der Waals surface area contributed by atoms with Crippen LogP contribution in [0, 0.1) is 0 Å². The lowest BCUT2D eigenvalue weighted by Crippen LogP contribution is -2.62. The number of nitrogens with one attached hydrogen (secondary N) is 1. The first-order valence-corrected chi connectivity index (χ1v) is 8.14. The molecule has 0 saturated carbocycles. The normalized spacial score (nSPS) is 21.1. The minimum Gasteiger partial charge on any atom is -0.379 e. The van der Waals surface area contributed by atoms with E-state index in [1.807, 2.05) is 12.4 Å². The highest BCUT2D eigenvalue weighted by atomic mass is 16.5. The molecular weight excluding hydrogens is 264 g/mol. The molecule has 1 aromatic heterocycles. The maximum Gasteiger partial charge on any atom is 0.109 e. The highest BCUT2D eigenvalue weighted by Crippen LogP contribution is 2.27. The van der Waals surface area contributed by atoms with E-state index < -0.39 is 0 Å². The summed E-state index contributed by atoms with van der Waals surface area (Å²) in [6.07, 6.45) is 5.99. The van der Waals surface area contributed by atoms with Crippen LogP contribution >= 0.6 is 0 Å². The van der Waals surface area contributed by atoms with Gasteiger partial charge in [-0.05, 0) is 19.9 Å². The molecule has 2 unspecified atom stereocenters. The van der Waals surface area contributed by atoms with Crippen LogP contribution in [0.25, 0.3) is 0 Å². The van der Waals surface area contributed by atoms with Crippen LogP contribution in [0.15, 0.2) is 12.4 Å². The summed E-state index contributed by atoms with van der Waals surface area (Å²) in [7, 11) is 2.07. The van der Waals surface area contributed by atoms with Crippen molar-refractivity contribution < 1.29 is 4.74 Å². The van der Waals surface area contributed by atoms with Gasteiger partial charge in [-0.25, -0.2) is 4.98 Å². The van der Waals surface area contributed by atoms with E-state index in [9.17, 15) is 0 Å². The predicted molar refractivity (Wildman–Crippen MR) is 85.5 cm³/mol. The van der Waals surface area contributed by atoms with E-state index in [2.05, 4.69) is 47.6 Å². The predicted octanol–water partition coefficient (Wildman–Crippen LogP) is 1.44. The number of likely N-dealkylation sites (N-methyl/N-ethyl adjacent to an activating group) is 1. The lowest BCUT2D eigenvalue weighted by molar-refractivity contribution is -0.0323. The number of aromatic nitrogens is 2. The molecular formula is C16H30N4O. The standard InChI is InChI=1S/C16H30N4O/c1-5-16(3,20-9-11-21-12-10-20)14(17-6-2)13-15-18-7-8-19(15)4/h7-8,14,17H,5-6,9-13H2,1-4H3. The van der Waals surface area contributed by atoms with E-state index in [-0.39, 0.29) is 5.54 Å². The second-order valence-corrected chi connectivity index (χ2v) is 6.08. The van der Waals surface area contributed by atoms with E-state index >= 15 is 0 Å². The molecule has 0 bridgehead atoms. The van der Waals surface area contributed by atoms with Crippen molar-refractivity contribution in [3.8, 4) is 0 Å². The Kier molecular flexibility index (Phi) is 5.79. The molecule has 0 amide bonds. The number of hydrogen-bond donors (Lipinski definition) is 1. The zero-order chi connectivity index (χ0) is 15.3. The fraction of sp³-hybridized carbons (Fsp3) is 0.812. The van der Waals surface area contributed by atoms with Gasteiger partial charge in [-0.15, -0.1) is 0 Å². The van der Waals surface area contributed by atoms with Crippen molar-refractivity contribution in [3.05, 3.63) is 18.2 Å². The quantitative estimate of drug-likeness (QED) is 0.826. The number of aryl methyl sites for hydroxylation is 1. The van der Waals surface area contributed by atoms with Crippen LogP contribution < -0.4 is 5.32 Å². The van der Waals surface area contributed by atoms with Crippen LogP contribution in [0.4, 0.5) is 0 Å². The molecule has 0 aromatic carbocycles. The van der Waals surface area contributed by atoms with Crippen molar-refractivity contribution >= 4 is 0 Å². The third kappa shape index (κ3) is 3.65. The number of imidazole rings is 1. The molecule has 1 aliphatic heterocycles. The molecule has 120 valence electrons. The summed E-state index contributed by atoms with van der Waals surface area (Å²) in [6.45, 7) is 11.6. The largest absolute Gasteiger partial charge is 0.379 e. The third-order valence-electron chi connectivity index (χ3n) is 4.96. The Hall–Kier alpha value is -0.910. The van der Waals surface area contributed by atoms with Gasteiger partial charge in [0.2, 0.25) is 0 Å². The summed E-state index contributed by atoms with van der Waals surface area (Å²) in [4.78, 5) is 7.10. The fourth-order valence-corrected chi connectivity index (χ4v) is 3.30. The van der Waals surface area contributed by atoms with Crippen LogP contribution in [-0.4, -0.2) is 58.9 Å². The van der Waals surface area contributed by atoms with Gasteiger partial charge in [0, 0.05) is 50.5 Å². The Balaban J connectivity index is 2.18. The Labute approximate surface area is 128 Å². The molecule has 2 rings (SSSR count). The van der Waals surface area contributed by atoms with Crippen molar-refractivity contribution in [2.24, 2.45) is 7.05 Å². The van der Waals surface area contributed by atoms with E-state index in [4.69, 9.17) is 4.74 Å². The van der Waals surface area contributed by atoms with Crippen molar-refractivity contribution in [1.29, 1.82) is 0 Å². The SMILES string of the molecule is CCNC(Cc1nccn1C)C(C)(CC)N1CCOCC1. The topological polar surface area (TPSA) is 42.3 Å². The van der Waals surface area contributed by atoms with Gasteiger partial charge in [0.25, 0.3) is 0 Å².